The van der Waals surface area contributed by atoms with Gasteiger partial charge < -0.3 is 15.8 Å². The SMILES string of the molecule is N/C=C/c1ccc(B(O)O)cc1. The molecule has 4 N–H and O–H groups in total. The molecule has 0 bridgehead atoms. The first-order valence-electron chi connectivity index (χ1n) is 3.58. The van der Waals surface area contributed by atoms with Crippen molar-refractivity contribution in [3.63, 3.8) is 0 Å². The second-order valence-corrected chi connectivity index (χ2v) is 2.40. The summed E-state index contributed by atoms with van der Waals surface area (Å²) in [5, 5.41) is 17.5. The molecule has 3 nitrogen and oxygen atoms in total. The van der Waals surface area contributed by atoms with Crippen molar-refractivity contribution in [2.45, 2.75) is 0 Å². The van der Waals surface area contributed by atoms with E-state index in [2.05, 4.69) is 0 Å². The molecule has 62 valence electrons. The highest BCUT2D eigenvalue weighted by Gasteiger charge is 2.08. The fourth-order valence-electron chi connectivity index (χ4n) is 0.890. The van der Waals surface area contributed by atoms with Crippen LogP contribution in [0.15, 0.2) is 30.5 Å². The number of rotatable bonds is 2. The van der Waals surface area contributed by atoms with Crippen molar-refractivity contribution in [3.8, 4) is 0 Å². The van der Waals surface area contributed by atoms with E-state index < -0.39 is 7.12 Å². The summed E-state index contributed by atoms with van der Waals surface area (Å²) in [7, 11) is -1.40. The molecule has 0 saturated heterocycles. The molecule has 0 radical (unpaired) electrons. The lowest BCUT2D eigenvalue weighted by atomic mass is 9.80. The van der Waals surface area contributed by atoms with E-state index in [9.17, 15) is 0 Å². The Morgan fingerprint density at radius 2 is 1.75 bits per heavy atom. The molecule has 0 heterocycles. The first kappa shape index (κ1) is 8.84. The maximum atomic E-state index is 8.76. The van der Waals surface area contributed by atoms with Crippen molar-refractivity contribution in [2.24, 2.45) is 5.73 Å². The third kappa shape index (κ3) is 2.12. The number of hydrogen-bond acceptors (Lipinski definition) is 3. The van der Waals surface area contributed by atoms with Crippen LogP contribution >= 0.6 is 0 Å². The monoisotopic (exact) mass is 163 g/mol. The van der Waals surface area contributed by atoms with E-state index in [1.165, 1.54) is 6.20 Å². The number of nitrogens with two attached hydrogens (primary N) is 1. The van der Waals surface area contributed by atoms with E-state index in [0.717, 1.165) is 5.56 Å². The highest BCUT2D eigenvalue weighted by atomic mass is 16.4. The van der Waals surface area contributed by atoms with Gasteiger partial charge in [-0.2, -0.15) is 0 Å². The van der Waals surface area contributed by atoms with E-state index in [4.69, 9.17) is 15.8 Å². The summed E-state index contributed by atoms with van der Waals surface area (Å²) >= 11 is 0. The van der Waals surface area contributed by atoms with E-state index in [1.807, 2.05) is 0 Å². The zero-order valence-electron chi connectivity index (χ0n) is 6.51. The van der Waals surface area contributed by atoms with Gasteiger partial charge in [-0.05, 0) is 23.3 Å². The molecule has 0 aliphatic heterocycles. The van der Waals surface area contributed by atoms with E-state index in [-0.39, 0.29) is 0 Å². The summed E-state index contributed by atoms with van der Waals surface area (Å²) in [6.07, 6.45) is 3.16. The quantitative estimate of drug-likeness (QED) is 0.504. The fraction of sp³-hybridized carbons (Fsp3) is 0. The Hall–Kier alpha value is -1.26. The number of hydrogen-bond donors (Lipinski definition) is 3. The minimum absolute atomic E-state index is 0.476. The molecule has 1 aromatic rings. The predicted octanol–water partition coefficient (Wildman–Crippen LogP) is -0.704. The van der Waals surface area contributed by atoms with Gasteiger partial charge in [0.15, 0.2) is 0 Å². The first-order valence-corrected chi connectivity index (χ1v) is 3.58. The van der Waals surface area contributed by atoms with Gasteiger partial charge in [-0.1, -0.05) is 24.3 Å². The molecule has 0 aliphatic carbocycles. The molecular formula is C8H10BNO2. The molecule has 0 fully saturated rings. The Morgan fingerprint density at radius 3 is 2.17 bits per heavy atom. The number of benzene rings is 1. The minimum atomic E-state index is -1.40. The lowest BCUT2D eigenvalue weighted by Gasteiger charge is -1.98. The normalized spacial score (nSPS) is 10.5. The van der Waals surface area contributed by atoms with Crippen LogP contribution in [0, 0.1) is 0 Å². The third-order valence-corrected chi connectivity index (χ3v) is 1.52. The van der Waals surface area contributed by atoms with Gasteiger partial charge in [-0.3, -0.25) is 0 Å². The maximum absolute atomic E-state index is 8.76. The Morgan fingerprint density at radius 1 is 1.17 bits per heavy atom. The van der Waals surface area contributed by atoms with E-state index >= 15 is 0 Å². The lowest BCUT2D eigenvalue weighted by Crippen LogP contribution is -2.29. The molecule has 1 aromatic carbocycles. The molecule has 12 heavy (non-hydrogen) atoms. The molecule has 1 rings (SSSR count). The Kier molecular flexibility index (Phi) is 2.91. The van der Waals surface area contributed by atoms with Crippen LogP contribution in [0.2, 0.25) is 0 Å². The van der Waals surface area contributed by atoms with Gasteiger partial charge in [0.05, 0.1) is 0 Å². The van der Waals surface area contributed by atoms with Crippen LogP contribution in [0.1, 0.15) is 5.56 Å². The van der Waals surface area contributed by atoms with Crippen LogP contribution in [0.25, 0.3) is 6.08 Å². The summed E-state index contributed by atoms with van der Waals surface area (Å²) in [4.78, 5) is 0. The zero-order chi connectivity index (χ0) is 8.97. The smallest absolute Gasteiger partial charge is 0.423 e. The first-order chi connectivity index (χ1) is 5.74. The van der Waals surface area contributed by atoms with Crippen LogP contribution in [-0.2, 0) is 0 Å². The molecule has 4 heteroatoms. The van der Waals surface area contributed by atoms with E-state index in [0.29, 0.717) is 5.46 Å². The van der Waals surface area contributed by atoms with Crippen molar-refractivity contribution >= 4 is 18.7 Å². The molecule has 0 saturated carbocycles. The third-order valence-electron chi connectivity index (χ3n) is 1.52. The van der Waals surface area contributed by atoms with Crippen molar-refractivity contribution in [1.82, 2.24) is 0 Å². The molecule has 0 aliphatic rings. The molecule has 0 spiro atoms. The van der Waals surface area contributed by atoms with Gasteiger partial charge >= 0.3 is 7.12 Å². The van der Waals surface area contributed by atoms with Crippen molar-refractivity contribution in [3.05, 3.63) is 36.0 Å². The van der Waals surface area contributed by atoms with Gasteiger partial charge in [0.2, 0.25) is 0 Å². The summed E-state index contributed by atoms with van der Waals surface area (Å²) in [6, 6.07) is 6.80. The average molecular weight is 163 g/mol. The van der Waals surface area contributed by atoms with Gasteiger partial charge in [-0.15, -0.1) is 0 Å². The van der Waals surface area contributed by atoms with Crippen LogP contribution in [-0.4, -0.2) is 17.2 Å². The van der Waals surface area contributed by atoms with Crippen LogP contribution in [0.4, 0.5) is 0 Å². The summed E-state index contributed by atoms with van der Waals surface area (Å²) in [6.45, 7) is 0. The summed E-state index contributed by atoms with van der Waals surface area (Å²) in [5.74, 6) is 0. The molecule has 0 amide bonds. The Labute approximate surface area is 71.3 Å². The van der Waals surface area contributed by atoms with Gasteiger partial charge in [0.1, 0.15) is 0 Å². The molecule has 0 aromatic heterocycles. The highest BCUT2D eigenvalue weighted by Crippen LogP contribution is 1.98. The summed E-state index contributed by atoms with van der Waals surface area (Å²) in [5.41, 5.74) is 6.59. The van der Waals surface area contributed by atoms with E-state index in [1.54, 1.807) is 30.3 Å². The lowest BCUT2D eigenvalue weighted by molar-refractivity contribution is 0.426. The minimum Gasteiger partial charge on any atom is -0.423 e. The average Bonchev–Trinajstić information content (AvgIpc) is 2.06. The van der Waals surface area contributed by atoms with Crippen LogP contribution < -0.4 is 11.2 Å². The van der Waals surface area contributed by atoms with Crippen LogP contribution in [0.3, 0.4) is 0 Å². The predicted molar refractivity (Wildman–Crippen MR) is 49.5 cm³/mol. The summed E-state index contributed by atoms with van der Waals surface area (Å²) < 4.78 is 0. The Balaban J connectivity index is 2.85. The van der Waals surface area contributed by atoms with Gasteiger partial charge in [0.25, 0.3) is 0 Å². The zero-order valence-corrected chi connectivity index (χ0v) is 6.51. The fourth-order valence-corrected chi connectivity index (χ4v) is 0.890. The van der Waals surface area contributed by atoms with Crippen molar-refractivity contribution in [2.75, 3.05) is 0 Å². The van der Waals surface area contributed by atoms with Gasteiger partial charge in [0, 0.05) is 0 Å². The molecule has 0 unspecified atom stereocenters. The largest absolute Gasteiger partial charge is 0.488 e. The van der Waals surface area contributed by atoms with Crippen molar-refractivity contribution in [1.29, 1.82) is 0 Å². The maximum Gasteiger partial charge on any atom is 0.488 e. The Bertz CT molecular complexity index is 269. The molecular weight excluding hydrogens is 153 g/mol. The second kappa shape index (κ2) is 3.94. The van der Waals surface area contributed by atoms with Crippen LogP contribution in [0.5, 0.6) is 0 Å². The highest BCUT2D eigenvalue weighted by molar-refractivity contribution is 6.58. The standard InChI is InChI=1S/C8H10BNO2/c10-6-5-7-1-3-8(4-2-7)9(11)12/h1-6,11-12H,10H2/b6-5+. The second-order valence-electron chi connectivity index (χ2n) is 2.40. The van der Waals surface area contributed by atoms with Crippen molar-refractivity contribution < 1.29 is 10.0 Å². The molecule has 0 atom stereocenters. The topological polar surface area (TPSA) is 66.5 Å². The van der Waals surface area contributed by atoms with Gasteiger partial charge in [-0.25, -0.2) is 0 Å².